The van der Waals surface area contributed by atoms with E-state index in [1.54, 1.807) is 6.21 Å². The maximum Gasteiger partial charge on any atom is 0.191 e. The van der Waals surface area contributed by atoms with Gasteiger partial charge in [-0.2, -0.15) is 5.10 Å². The van der Waals surface area contributed by atoms with Gasteiger partial charge in [-0.25, -0.2) is 0 Å². The van der Waals surface area contributed by atoms with Crippen molar-refractivity contribution in [2.45, 2.75) is 27.2 Å². The van der Waals surface area contributed by atoms with Gasteiger partial charge in [-0.3, -0.25) is 5.43 Å². The monoisotopic (exact) mass is 354 g/mol. The SMILES string of the molecule is CCCN(C)c1ccc(C=NNC(=S)Nc2ccc(C)cc2C)cc1. The van der Waals surface area contributed by atoms with E-state index in [4.69, 9.17) is 12.2 Å². The van der Waals surface area contributed by atoms with Gasteiger partial charge in [-0.05, 0) is 61.8 Å². The van der Waals surface area contributed by atoms with E-state index in [1.807, 2.05) is 18.2 Å². The third kappa shape index (κ3) is 5.87. The first kappa shape index (κ1) is 18.9. The predicted molar refractivity (Wildman–Crippen MR) is 113 cm³/mol. The van der Waals surface area contributed by atoms with Crippen molar-refractivity contribution in [3.63, 3.8) is 0 Å². The Morgan fingerprint density at radius 3 is 2.52 bits per heavy atom. The molecule has 0 aliphatic carbocycles. The fraction of sp³-hybridized carbons (Fsp3) is 0.300. The Labute approximate surface area is 155 Å². The van der Waals surface area contributed by atoms with Crippen LogP contribution < -0.4 is 15.6 Å². The van der Waals surface area contributed by atoms with Gasteiger partial charge in [0.25, 0.3) is 0 Å². The third-order valence-corrected chi connectivity index (χ3v) is 4.10. The minimum atomic E-state index is 0.475. The maximum atomic E-state index is 5.29. The molecule has 0 spiro atoms. The van der Waals surface area contributed by atoms with Crippen LogP contribution in [-0.4, -0.2) is 24.9 Å². The zero-order valence-corrected chi connectivity index (χ0v) is 16.2. The molecule has 0 unspecified atom stereocenters. The molecule has 0 aliphatic rings. The van der Waals surface area contributed by atoms with E-state index in [2.05, 4.69) is 72.8 Å². The lowest BCUT2D eigenvalue weighted by atomic mass is 10.1. The molecule has 2 aromatic carbocycles. The number of aryl methyl sites for hydroxylation is 2. The molecule has 4 nitrogen and oxygen atoms in total. The second kappa shape index (κ2) is 9.18. The largest absolute Gasteiger partial charge is 0.375 e. The number of hydrogen-bond acceptors (Lipinski definition) is 3. The van der Waals surface area contributed by atoms with Gasteiger partial charge in [-0.1, -0.05) is 36.8 Å². The van der Waals surface area contributed by atoms with Gasteiger partial charge in [0.05, 0.1) is 6.21 Å². The molecule has 2 aromatic rings. The number of nitrogens with zero attached hydrogens (tertiary/aromatic N) is 2. The van der Waals surface area contributed by atoms with Crippen molar-refractivity contribution >= 4 is 34.9 Å². The van der Waals surface area contributed by atoms with Crippen molar-refractivity contribution in [3.05, 3.63) is 59.2 Å². The van der Waals surface area contributed by atoms with Crippen molar-refractivity contribution in [1.82, 2.24) is 5.43 Å². The second-order valence-electron chi connectivity index (χ2n) is 6.16. The van der Waals surface area contributed by atoms with Crippen LogP contribution in [0.15, 0.2) is 47.6 Å². The molecule has 0 radical (unpaired) electrons. The molecule has 0 aliphatic heterocycles. The lowest BCUT2D eigenvalue weighted by Crippen LogP contribution is -2.24. The first-order valence-corrected chi connectivity index (χ1v) is 8.89. The minimum absolute atomic E-state index is 0.475. The zero-order valence-electron chi connectivity index (χ0n) is 15.3. The minimum Gasteiger partial charge on any atom is -0.375 e. The highest BCUT2D eigenvalue weighted by Gasteiger charge is 2.01. The summed E-state index contributed by atoms with van der Waals surface area (Å²) in [6.45, 7) is 7.35. The van der Waals surface area contributed by atoms with Crippen molar-refractivity contribution in [3.8, 4) is 0 Å². The molecule has 25 heavy (non-hydrogen) atoms. The molecule has 0 bridgehead atoms. The van der Waals surface area contributed by atoms with Gasteiger partial charge >= 0.3 is 0 Å². The Bertz CT molecular complexity index is 738. The van der Waals surface area contributed by atoms with E-state index >= 15 is 0 Å². The number of thiocarbonyl (C=S) groups is 1. The third-order valence-electron chi connectivity index (χ3n) is 3.90. The Kier molecular flexibility index (Phi) is 6.95. The van der Waals surface area contributed by atoms with Crippen LogP contribution in [0.2, 0.25) is 0 Å². The molecule has 0 fully saturated rings. The summed E-state index contributed by atoms with van der Waals surface area (Å²) in [5.74, 6) is 0. The molecule has 0 atom stereocenters. The molecule has 132 valence electrons. The van der Waals surface area contributed by atoms with Crippen molar-refractivity contribution in [2.24, 2.45) is 5.10 Å². The summed E-state index contributed by atoms with van der Waals surface area (Å²) in [5, 5.41) is 7.84. The standard InChI is InChI=1S/C20H26N4S/c1-5-12-24(4)18-9-7-17(8-10-18)14-21-23-20(25)22-19-11-6-15(2)13-16(19)3/h6-11,13-14H,5,12H2,1-4H3,(H2,22,23,25). The molecule has 0 saturated carbocycles. The zero-order chi connectivity index (χ0) is 18.2. The Morgan fingerprint density at radius 2 is 1.88 bits per heavy atom. The van der Waals surface area contributed by atoms with Gasteiger partial charge in [0.2, 0.25) is 0 Å². The number of hydrazone groups is 1. The van der Waals surface area contributed by atoms with Crippen molar-refractivity contribution < 1.29 is 0 Å². The van der Waals surface area contributed by atoms with Gasteiger partial charge in [-0.15, -0.1) is 0 Å². The Morgan fingerprint density at radius 1 is 1.16 bits per heavy atom. The maximum absolute atomic E-state index is 5.29. The molecular weight excluding hydrogens is 328 g/mol. The highest BCUT2D eigenvalue weighted by atomic mass is 32.1. The average Bonchev–Trinajstić information content (AvgIpc) is 2.58. The summed E-state index contributed by atoms with van der Waals surface area (Å²) < 4.78 is 0. The summed E-state index contributed by atoms with van der Waals surface area (Å²) in [5.41, 5.74) is 8.46. The van der Waals surface area contributed by atoms with Crippen LogP contribution in [0.1, 0.15) is 30.0 Å². The highest BCUT2D eigenvalue weighted by molar-refractivity contribution is 7.80. The van der Waals surface area contributed by atoms with E-state index in [0.717, 1.165) is 29.8 Å². The molecular formula is C20H26N4S. The summed E-state index contributed by atoms with van der Waals surface area (Å²) in [6, 6.07) is 14.5. The first-order valence-electron chi connectivity index (χ1n) is 8.48. The van der Waals surface area contributed by atoms with E-state index in [1.165, 1.54) is 11.3 Å². The van der Waals surface area contributed by atoms with E-state index in [-0.39, 0.29) is 0 Å². The summed E-state index contributed by atoms with van der Waals surface area (Å²) >= 11 is 5.29. The topological polar surface area (TPSA) is 39.7 Å². The molecule has 0 heterocycles. The van der Waals surface area contributed by atoms with Crippen molar-refractivity contribution in [1.29, 1.82) is 0 Å². The average molecular weight is 355 g/mol. The fourth-order valence-corrected chi connectivity index (χ4v) is 2.71. The van der Waals surface area contributed by atoms with Crippen LogP contribution in [0, 0.1) is 13.8 Å². The Balaban J connectivity index is 1.88. The normalized spacial score (nSPS) is 10.7. The van der Waals surface area contributed by atoms with Crippen molar-refractivity contribution in [2.75, 3.05) is 23.8 Å². The molecule has 0 amide bonds. The molecule has 0 saturated heterocycles. The number of nitrogens with one attached hydrogen (secondary N) is 2. The van der Waals surface area contributed by atoms with Crippen LogP contribution in [0.4, 0.5) is 11.4 Å². The number of benzene rings is 2. The van der Waals surface area contributed by atoms with Crippen LogP contribution in [0.3, 0.4) is 0 Å². The van der Waals surface area contributed by atoms with Crippen LogP contribution >= 0.6 is 12.2 Å². The van der Waals surface area contributed by atoms with Crippen LogP contribution in [-0.2, 0) is 0 Å². The second-order valence-corrected chi connectivity index (χ2v) is 6.56. The van der Waals surface area contributed by atoms with Gasteiger partial charge < -0.3 is 10.2 Å². The number of hydrogen-bond donors (Lipinski definition) is 2. The summed E-state index contributed by atoms with van der Waals surface area (Å²) in [7, 11) is 2.10. The van der Waals surface area contributed by atoms with Gasteiger partial charge in [0.1, 0.15) is 0 Å². The fourth-order valence-electron chi connectivity index (χ4n) is 2.55. The molecule has 0 aromatic heterocycles. The van der Waals surface area contributed by atoms with Gasteiger partial charge in [0.15, 0.2) is 5.11 Å². The van der Waals surface area contributed by atoms with Crippen LogP contribution in [0.5, 0.6) is 0 Å². The smallest absolute Gasteiger partial charge is 0.191 e. The molecule has 5 heteroatoms. The summed E-state index contributed by atoms with van der Waals surface area (Å²) in [6.07, 6.45) is 2.90. The molecule has 2 N–H and O–H groups in total. The first-order chi connectivity index (χ1) is 12.0. The number of anilines is 2. The van der Waals surface area contributed by atoms with Crippen LogP contribution in [0.25, 0.3) is 0 Å². The predicted octanol–water partition coefficient (Wildman–Crippen LogP) is 4.47. The summed E-state index contributed by atoms with van der Waals surface area (Å²) in [4.78, 5) is 2.24. The molecule has 2 rings (SSSR count). The lowest BCUT2D eigenvalue weighted by molar-refractivity contribution is 0.852. The highest BCUT2D eigenvalue weighted by Crippen LogP contribution is 2.16. The quantitative estimate of drug-likeness (QED) is 0.456. The van der Waals surface area contributed by atoms with E-state index < -0.39 is 0 Å². The number of rotatable bonds is 6. The van der Waals surface area contributed by atoms with E-state index in [9.17, 15) is 0 Å². The lowest BCUT2D eigenvalue weighted by Gasteiger charge is -2.18. The Hall–Kier alpha value is -2.40. The van der Waals surface area contributed by atoms with Gasteiger partial charge in [0, 0.05) is 25.0 Å². The van der Waals surface area contributed by atoms with E-state index in [0.29, 0.717) is 5.11 Å².